The quantitative estimate of drug-likeness (QED) is 0.803. The lowest BCUT2D eigenvalue weighted by atomic mass is 10.0. The van der Waals surface area contributed by atoms with E-state index in [1.165, 1.54) is 12.1 Å². The Labute approximate surface area is 135 Å². The first-order valence-electron chi connectivity index (χ1n) is 6.49. The van der Waals surface area contributed by atoms with E-state index in [-0.39, 0.29) is 41.7 Å². The Kier molecular flexibility index (Phi) is 9.33. The second-order valence-corrected chi connectivity index (χ2v) is 5.40. The zero-order valence-corrected chi connectivity index (χ0v) is 13.6. The fourth-order valence-electron chi connectivity index (χ4n) is 1.79. The lowest BCUT2D eigenvalue weighted by Gasteiger charge is -2.19. The van der Waals surface area contributed by atoms with Gasteiger partial charge in [-0.2, -0.15) is 0 Å². The van der Waals surface area contributed by atoms with E-state index >= 15 is 0 Å². The molecule has 1 aromatic carbocycles. The van der Waals surface area contributed by atoms with Gasteiger partial charge in [-0.15, -0.1) is 12.4 Å². The average Bonchev–Trinajstić information content (AvgIpc) is 2.36. The van der Waals surface area contributed by atoms with Crippen molar-refractivity contribution in [2.24, 2.45) is 11.7 Å². The van der Waals surface area contributed by atoms with Crippen LogP contribution in [0.15, 0.2) is 18.2 Å². The fraction of sp³-hybridized carbons (Fsp3) is 0.500. The first-order chi connectivity index (χ1) is 9.42. The molecule has 0 aliphatic heterocycles. The summed E-state index contributed by atoms with van der Waals surface area (Å²) in [6.45, 7) is 4.31. The third-order valence-electron chi connectivity index (χ3n) is 2.66. The number of ether oxygens (including phenoxy) is 1. The maximum atomic E-state index is 12.9. The molecule has 0 radical (unpaired) electrons. The number of nitrogens with one attached hydrogen (secondary N) is 1. The van der Waals surface area contributed by atoms with E-state index in [9.17, 15) is 9.18 Å². The topological polar surface area (TPSA) is 64.3 Å². The Morgan fingerprint density at radius 1 is 1.48 bits per heavy atom. The highest BCUT2D eigenvalue weighted by Gasteiger charge is 2.13. The second kappa shape index (κ2) is 9.82. The maximum Gasteiger partial charge on any atom is 0.258 e. The summed E-state index contributed by atoms with van der Waals surface area (Å²) in [5, 5.41) is 2.93. The van der Waals surface area contributed by atoms with Crippen molar-refractivity contribution in [2.45, 2.75) is 26.3 Å². The second-order valence-electron chi connectivity index (χ2n) is 4.99. The van der Waals surface area contributed by atoms with Crippen LogP contribution in [0.25, 0.3) is 0 Å². The Bertz CT molecular complexity index is 459. The molecule has 0 fully saturated rings. The van der Waals surface area contributed by atoms with Gasteiger partial charge in [-0.3, -0.25) is 4.79 Å². The first kappa shape index (κ1) is 20.0. The van der Waals surface area contributed by atoms with Gasteiger partial charge in [-0.25, -0.2) is 4.39 Å². The Morgan fingerprint density at radius 3 is 2.67 bits per heavy atom. The van der Waals surface area contributed by atoms with E-state index in [4.69, 9.17) is 22.1 Å². The molecular weight excluding hydrogens is 318 g/mol. The zero-order valence-electron chi connectivity index (χ0n) is 12.1. The molecule has 0 aliphatic carbocycles. The summed E-state index contributed by atoms with van der Waals surface area (Å²) in [6, 6.07) is 3.67. The van der Waals surface area contributed by atoms with Crippen LogP contribution in [0.2, 0.25) is 5.02 Å². The molecule has 0 saturated heterocycles. The summed E-state index contributed by atoms with van der Waals surface area (Å²) in [7, 11) is 0. The van der Waals surface area contributed by atoms with Gasteiger partial charge in [0.2, 0.25) is 0 Å². The SMILES string of the molecule is CC(C)CC(CN)NC(=O)COc1ccc(F)cc1Cl.Cl. The van der Waals surface area contributed by atoms with Gasteiger partial charge < -0.3 is 15.8 Å². The molecular formula is C14H21Cl2FN2O2. The van der Waals surface area contributed by atoms with E-state index < -0.39 is 5.82 Å². The zero-order chi connectivity index (χ0) is 15.1. The molecule has 1 amide bonds. The van der Waals surface area contributed by atoms with Gasteiger partial charge in [0.1, 0.15) is 11.6 Å². The smallest absolute Gasteiger partial charge is 0.258 e. The number of halogens is 3. The van der Waals surface area contributed by atoms with Gasteiger partial charge in [0.15, 0.2) is 6.61 Å². The van der Waals surface area contributed by atoms with E-state index in [0.717, 1.165) is 12.5 Å². The number of amides is 1. The number of hydrogen-bond acceptors (Lipinski definition) is 3. The Hall–Kier alpha value is -1.04. The van der Waals surface area contributed by atoms with Crippen molar-refractivity contribution in [3.8, 4) is 5.75 Å². The molecule has 0 bridgehead atoms. The number of benzene rings is 1. The van der Waals surface area contributed by atoms with Crippen LogP contribution < -0.4 is 15.8 Å². The molecule has 0 aliphatic rings. The van der Waals surface area contributed by atoms with Crippen molar-refractivity contribution in [1.82, 2.24) is 5.32 Å². The highest BCUT2D eigenvalue weighted by molar-refractivity contribution is 6.32. The predicted octanol–water partition coefficient (Wildman–Crippen LogP) is 2.77. The van der Waals surface area contributed by atoms with E-state index in [1.54, 1.807) is 0 Å². The van der Waals surface area contributed by atoms with Crippen molar-refractivity contribution in [3.05, 3.63) is 29.0 Å². The van der Waals surface area contributed by atoms with Crippen LogP contribution in [0.1, 0.15) is 20.3 Å². The van der Waals surface area contributed by atoms with E-state index in [2.05, 4.69) is 19.2 Å². The van der Waals surface area contributed by atoms with Crippen LogP contribution in [0.3, 0.4) is 0 Å². The molecule has 0 aromatic heterocycles. The standard InChI is InChI=1S/C14H20ClFN2O2.ClH/c1-9(2)5-11(7-17)18-14(19)8-20-13-4-3-10(16)6-12(13)15;/h3-4,6,9,11H,5,7-8,17H2,1-2H3,(H,18,19);1H. The van der Waals surface area contributed by atoms with Crippen molar-refractivity contribution in [3.63, 3.8) is 0 Å². The van der Waals surface area contributed by atoms with Crippen molar-refractivity contribution < 1.29 is 13.9 Å². The lowest BCUT2D eigenvalue weighted by molar-refractivity contribution is -0.123. The normalized spacial score (nSPS) is 11.7. The summed E-state index contributed by atoms with van der Waals surface area (Å²) in [5.41, 5.74) is 5.60. The number of nitrogens with two attached hydrogens (primary N) is 1. The van der Waals surface area contributed by atoms with Crippen LogP contribution in [0.4, 0.5) is 4.39 Å². The highest BCUT2D eigenvalue weighted by atomic mass is 35.5. The molecule has 4 nitrogen and oxygen atoms in total. The fourth-order valence-corrected chi connectivity index (χ4v) is 2.01. The van der Waals surface area contributed by atoms with Crippen LogP contribution >= 0.6 is 24.0 Å². The molecule has 7 heteroatoms. The van der Waals surface area contributed by atoms with E-state index in [1.807, 2.05) is 0 Å². The molecule has 1 aromatic rings. The number of carbonyl (C=O) groups is 1. The van der Waals surface area contributed by atoms with Crippen LogP contribution in [-0.2, 0) is 4.79 Å². The predicted molar refractivity (Wildman–Crippen MR) is 84.6 cm³/mol. The van der Waals surface area contributed by atoms with Crippen LogP contribution in [0.5, 0.6) is 5.75 Å². The Morgan fingerprint density at radius 2 is 2.14 bits per heavy atom. The van der Waals surface area contributed by atoms with Crippen LogP contribution in [0, 0.1) is 11.7 Å². The van der Waals surface area contributed by atoms with Crippen molar-refractivity contribution >= 4 is 29.9 Å². The number of carbonyl (C=O) groups excluding carboxylic acids is 1. The molecule has 1 atom stereocenters. The largest absolute Gasteiger partial charge is 0.482 e. The summed E-state index contributed by atoms with van der Waals surface area (Å²) in [5.74, 6) is -0.0129. The third-order valence-corrected chi connectivity index (χ3v) is 2.95. The molecule has 0 spiro atoms. The van der Waals surface area contributed by atoms with Gasteiger partial charge >= 0.3 is 0 Å². The molecule has 3 N–H and O–H groups in total. The highest BCUT2D eigenvalue weighted by Crippen LogP contribution is 2.24. The van der Waals surface area contributed by atoms with Gasteiger partial charge in [-0.1, -0.05) is 25.4 Å². The van der Waals surface area contributed by atoms with Crippen molar-refractivity contribution in [1.29, 1.82) is 0 Å². The minimum Gasteiger partial charge on any atom is -0.482 e. The summed E-state index contributed by atoms with van der Waals surface area (Å²) in [6.07, 6.45) is 0.805. The molecule has 21 heavy (non-hydrogen) atoms. The summed E-state index contributed by atoms with van der Waals surface area (Å²) >= 11 is 5.80. The number of hydrogen-bond donors (Lipinski definition) is 2. The number of rotatable bonds is 7. The van der Waals surface area contributed by atoms with Gasteiger partial charge in [0, 0.05) is 12.6 Å². The van der Waals surface area contributed by atoms with Crippen molar-refractivity contribution in [2.75, 3.05) is 13.2 Å². The first-order valence-corrected chi connectivity index (χ1v) is 6.87. The van der Waals surface area contributed by atoms with Gasteiger partial charge in [0.05, 0.1) is 5.02 Å². The summed E-state index contributed by atoms with van der Waals surface area (Å²) < 4.78 is 18.1. The molecule has 120 valence electrons. The third kappa shape index (κ3) is 7.50. The minimum atomic E-state index is -0.452. The molecule has 1 rings (SSSR count). The lowest BCUT2D eigenvalue weighted by Crippen LogP contribution is -2.43. The summed E-state index contributed by atoms with van der Waals surface area (Å²) in [4.78, 5) is 11.7. The average molecular weight is 339 g/mol. The molecule has 1 unspecified atom stereocenters. The van der Waals surface area contributed by atoms with Crippen LogP contribution in [-0.4, -0.2) is 25.1 Å². The molecule has 0 heterocycles. The Balaban J connectivity index is 0.00000400. The van der Waals surface area contributed by atoms with Gasteiger partial charge in [-0.05, 0) is 30.5 Å². The monoisotopic (exact) mass is 338 g/mol. The molecule has 0 saturated carbocycles. The van der Waals surface area contributed by atoms with Gasteiger partial charge in [0.25, 0.3) is 5.91 Å². The minimum absolute atomic E-state index is 0. The maximum absolute atomic E-state index is 12.9. The van der Waals surface area contributed by atoms with E-state index in [0.29, 0.717) is 12.5 Å².